The number of hydrogen-bond acceptors (Lipinski definition) is 7. The van der Waals surface area contributed by atoms with Gasteiger partial charge in [0, 0.05) is 11.6 Å². The topological polar surface area (TPSA) is 95.9 Å². The molecule has 0 spiro atoms. The first-order valence-electron chi connectivity index (χ1n) is 7.88. The molecule has 0 aromatic heterocycles. The average Bonchev–Trinajstić information content (AvgIpc) is 2.71. The van der Waals surface area contributed by atoms with Gasteiger partial charge in [0.1, 0.15) is 17.9 Å². The van der Waals surface area contributed by atoms with Crippen LogP contribution in [0.15, 0.2) is 6.07 Å². The highest BCUT2D eigenvalue weighted by molar-refractivity contribution is 8.14. The maximum absolute atomic E-state index is 12.3. The standard InChI is InChI=1S/C17H23NO6S/c1-9(2)13-10(8-24-16(20)17(3,4)5)12(23-6)7-11-14(13)15(19)25-18(11,21)22/h7,9,21H,8H2,1-6H3. The molecule has 1 aromatic rings. The summed E-state index contributed by atoms with van der Waals surface area (Å²) in [6.07, 6.45) is 0. The van der Waals surface area contributed by atoms with Gasteiger partial charge in [-0.1, -0.05) is 13.8 Å². The van der Waals surface area contributed by atoms with Crippen LogP contribution in [-0.4, -0.2) is 23.4 Å². The number of quaternary nitrogens is 1. The Labute approximate surface area is 151 Å². The summed E-state index contributed by atoms with van der Waals surface area (Å²) in [4.78, 5) is 24.4. The van der Waals surface area contributed by atoms with Crippen LogP contribution in [0.5, 0.6) is 5.75 Å². The summed E-state index contributed by atoms with van der Waals surface area (Å²) in [5.74, 6) is -0.233. The summed E-state index contributed by atoms with van der Waals surface area (Å²) in [5.41, 5.74) is 0.518. The molecule has 1 aliphatic heterocycles. The van der Waals surface area contributed by atoms with Gasteiger partial charge in [-0.25, -0.2) is 0 Å². The normalized spacial score (nSPS) is 20.0. The maximum Gasteiger partial charge on any atom is 0.311 e. The second-order valence-corrected chi connectivity index (χ2v) is 8.29. The van der Waals surface area contributed by atoms with Crippen LogP contribution in [0.3, 0.4) is 0 Å². The lowest BCUT2D eigenvalue weighted by Crippen LogP contribution is -2.27. The van der Waals surface area contributed by atoms with Crippen LogP contribution in [0.25, 0.3) is 0 Å². The fourth-order valence-corrected chi connectivity index (χ4v) is 3.44. The van der Waals surface area contributed by atoms with Gasteiger partial charge in [0.25, 0.3) is 5.12 Å². The molecule has 0 radical (unpaired) electrons. The van der Waals surface area contributed by atoms with E-state index in [1.807, 2.05) is 13.8 Å². The number of esters is 1. The number of benzene rings is 1. The van der Waals surface area contributed by atoms with Gasteiger partial charge in [0.05, 0.1) is 12.5 Å². The number of methoxy groups -OCH3 is 1. The number of rotatable bonds is 4. The smallest absolute Gasteiger partial charge is 0.311 e. The first-order chi connectivity index (χ1) is 11.4. The molecule has 25 heavy (non-hydrogen) atoms. The van der Waals surface area contributed by atoms with Gasteiger partial charge in [-0.15, -0.1) is 4.21 Å². The third kappa shape index (κ3) is 3.67. The van der Waals surface area contributed by atoms with Crippen molar-refractivity contribution in [2.24, 2.45) is 5.41 Å². The van der Waals surface area contributed by atoms with E-state index < -0.39 is 14.7 Å². The molecule has 1 N–H and O–H groups in total. The zero-order valence-corrected chi connectivity index (χ0v) is 16.0. The van der Waals surface area contributed by atoms with E-state index in [2.05, 4.69) is 0 Å². The quantitative estimate of drug-likeness (QED) is 0.372. The van der Waals surface area contributed by atoms with Crippen molar-refractivity contribution < 1.29 is 24.3 Å². The molecular formula is C17H23NO6S. The molecule has 138 valence electrons. The molecule has 0 aliphatic carbocycles. The SMILES string of the molecule is COc1cc2c(c(C(C)C)c1COC(=O)C(C)(C)C)C(=O)S[N+]2([O-])O. The van der Waals surface area contributed by atoms with Gasteiger partial charge in [-0.2, -0.15) is 5.21 Å². The van der Waals surface area contributed by atoms with Crippen LogP contribution in [0.2, 0.25) is 0 Å². The third-order valence-electron chi connectivity index (χ3n) is 3.89. The van der Waals surface area contributed by atoms with Crippen molar-refractivity contribution in [2.45, 2.75) is 47.1 Å². The molecule has 1 unspecified atom stereocenters. The van der Waals surface area contributed by atoms with Gasteiger partial charge < -0.3 is 14.7 Å². The Morgan fingerprint density at radius 3 is 2.48 bits per heavy atom. The lowest BCUT2D eigenvalue weighted by atomic mass is 9.90. The largest absolute Gasteiger partial charge is 0.581 e. The summed E-state index contributed by atoms with van der Waals surface area (Å²) in [7, 11) is 1.42. The van der Waals surface area contributed by atoms with Crippen LogP contribution in [0.1, 0.15) is 62.0 Å². The van der Waals surface area contributed by atoms with E-state index in [1.165, 1.54) is 13.2 Å². The minimum Gasteiger partial charge on any atom is -0.581 e. The van der Waals surface area contributed by atoms with E-state index in [9.17, 15) is 20.0 Å². The Kier molecular flexibility index (Phi) is 5.21. The predicted molar refractivity (Wildman–Crippen MR) is 95.2 cm³/mol. The second-order valence-electron chi connectivity index (χ2n) is 7.25. The van der Waals surface area contributed by atoms with Crippen molar-refractivity contribution >= 4 is 28.7 Å². The Balaban J connectivity index is 2.58. The van der Waals surface area contributed by atoms with E-state index in [0.717, 1.165) is 0 Å². The Hall–Kier alpha value is -1.61. The number of ether oxygens (including phenoxy) is 2. The summed E-state index contributed by atoms with van der Waals surface area (Å²) in [5, 5.41) is 21.6. The Morgan fingerprint density at radius 1 is 1.40 bits per heavy atom. The summed E-state index contributed by atoms with van der Waals surface area (Å²) in [6.45, 7) is 8.87. The van der Waals surface area contributed by atoms with Crippen molar-refractivity contribution in [3.8, 4) is 5.75 Å². The van der Waals surface area contributed by atoms with E-state index in [-0.39, 0.29) is 41.7 Å². The van der Waals surface area contributed by atoms with Crippen molar-refractivity contribution in [3.05, 3.63) is 28.0 Å². The van der Waals surface area contributed by atoms with E-state index in [1.54, 1.807) is 20.8 Å². The van der Waals surface area contributed by atoms with Gasteiger partial charge in [0.2, 0.25) is 0 Å². The molecule has 0 saturated carbocycles. The fraction of sp³-hybridized carbons (Fsp3) is 0.529. The molecule has 2 rings (SSSR count). The number of fused-ring (bicyclic) bond motifs is 1. The zero-order valence-electron chi connectivity index (χ0n) is 15.2. The molecule has 0 saturated heterocycles. The minimum absolute atomic E-state index is 0.0681. The highest BCUT2D eigenvalue weighted by Crippen LogP contribution is 2.49. The molecule has 0 amide bonds. The van der Waals surface area contributed by atoms with Crippen molar-refractivity contribution in [1.29, 1.82) is 0 Å². The fourth-order valence-electron chi connectivity index (χ4n) is 2.67. The minimum atomic E-state index is -1.83. The third-order valence-corrected chi connectivity index (χ3v) is 4.70. The number of carbonyl (C=O) groups excluding carboxylic acids is 2. The monoisotopic (exact) mass is 369 g/mol. The Morgan fingerprint density at radius 2 is 2.00 bits per heavy atom. The molecular weight excluding hydrogens is 346 g/mol. The molecule has 1 aromatic carbocycles. The molecule has 8 heteroatoms. The lowest BCUT2D eigenvalue weighted by Gasteiger charge is -2.26. The average molecular weight is 369 g/mol. The molecule has 1 atom stereocenters. The van der Waals surface area contributed by atoms with E-state index in [0.29, 0.717) is 16.9 Å². The first-order valence-corrected chi connectivity index (χ1v) is 8.65. The van der Waals surface area contributed by atoms with Gasteiger partial charge in [-0.05, 0) is 32.3 Å². The maximum atomic E-state index is 12.3. The Bertz CT molecular complexity index is 721. The summed E-state index contributed by atoms with van der Waals surface area (Å²) >= 11 is 0.275. The summed E-state index contributed by atoms with van der Waals surface area (Å²) in [6, 6.07) is 1.34. The van der Waals surface area contributed by atoms with Gasteiger partial charge in [-0.3, -0.25) is 9.59 Å². The van der Waals surface area contributed by atoms with Crippen LogP contribution < -0.4 is 8.95 Å². The first kappa shape index (κ1) is 19.7. The summed E-state index contributed by atoms with van der Waals surface area (Å²) < 4.78 is 8.90. The number of hydrogen-bond donors (Lipinski definition) is 1. The van der Waals surface area contributed by atoms with Crippen molar-refractivity contribution in [2.75, 3.05) is 7.11 Å². The lowest BCUT2D eigenvalue weighted by molar-refractivity contribution is -0.154. The van der Waals surface area contributed by atoms with E-state index >= 15 is 0 Å². The molecule has 7 nitrogen and oxygen atoms in total. The van der Waals surface area contributed by atoms with E-state index in [4.69, 9.17) is 9.47 Å². The van der Waals surface area contributed by atoms with Crippen LogP contribution in [0, 0.1) is 10.6 Å². The van der Waals surface area contributed by atoms with Gasteiger partial charge in [0.15, 0.2) is 17.6 Å². The molecule has 0 bridgehead atoms. The molecule has 1 heterocycles. The van der Waals surface area contributed by atoms with Crippen LogP contribution in [-0.2, 0) is 16.1 Å². The molecule has 1 aliphatic rings. The van der Waals surface area contributed by atoms with Crippen molar-refractivity contribution in [1.82, 2.24) is 4.21 Å². The predicted octanol–water partition coefficient (Wildman–Crippen LogP) is 3.90. The zero-order chi connectivity index (χ0) is 19.2. The number of nitrogens with zero attached hydrogens (tertiary/aromatic N) is 1. The second kappa shape index (κ2) is 6.60. The van der Waals surface area contributed by atoms with Crippen LogP contribution >= 0.6 is 11.9 Å². The highest BCUT2D eigenvalue weighted by atomic mass is 32.2. The van der Waals surface area contributed by atoms with Crippen molar-refractivity contribution in [3.63, 3.8) is 0 Å². The highest BCUT2D eigenvalue weighted by Gasteiger charge is 2.44. The van der Waals surface area contributed by atoms with Gasteiger partial charge >= 0.3 is 5.97 Å². The number of carbonyl (C=O) groups is 2. The van der Waals surface area contributed by atoms with Crippen LogP contribution in [0.4, 0.5) is 5.69 Å². The molecule has 0 fully saturated rings.